The number of carbonyl (C=O) groups is 1. The van der Waals surface area contributed by atoms with Crippen molar-refractivity contribution in [2.45, 2.75) is 0 Å². The van der Waals surface area contributed by atoms with E-state index in [0.29, 0.717) is 33.8 Å². The summed E-state index contributed by atoms with van der Waals surface area (Å²) < 4.78 is 5.27. The quantitative estimate of drug-likeness (QED) is 0.489. The molecule has 1 fully saturated rings. The lowest BCUT2D eigenvalue weighted by molar-refractivity contribution is 0.0701. The van der Waals surface area contributed by atoms with Crippen LogP contribution in [0.25, 0.3) is 0 Å². The zero-order valence-corrected chi connectivity index (χ0v) is 13.3. The summed E-state index contributed by atoms with van der Waals surface area (Å²) in [6.45, 7) is 3.07. The molecule has 0 bridgehead atoms. The van der Waals surface area contributed by atoms with Crippen LogP contribution in [0.15, 0.2) is 35.5 Å². The van der Waals surface area contributed by atoms with E-state index in [-0.39, 0.29) is 5.78 Å². The van der Waals surface area contributed by atoms with Gasteiger partial charge in [-0.2, -0.15) is 0 Å². The number of aromatic nitrogens is 1. The minimum absolute atomic E-state index is 0.0676. The number of halogens is 1. The summed E-state index contributed by atoms with van der Waals surface area (Å²) in [6.07, 6.45) is 3.32. The smallest absolute Gasteiger partial charge is 0.211 e. The fourth-order valence-electron chi connectivity index (χ4n) is 2.00. The maximum Gasteiger partial charge on any atom is 0.211 e. The Balaban J connectivity index is 1.68. The van der Waals surface area contributed by atoms with Crippen molar-refractivity contribution in [3.8, 4) is 0 Å². The first-order valence-electron chi connectivity index (χ1n) is 6.84. The number of carbonyl (C=O) groups excluding carboxylic acids is 1. The molecule has 0 radical (unpaired) electrons. The molecule has 1 aliphatic heterocycles. The van der Waals surface area contributed by atoms with Crippen molar-refractivity contribution in [2.75, 3.05) is 26.3 Å². The number of ketones is 1. The number of morpholine rings is 1. The Hall–Kier alpha value is -1.76. The molecule has 0 aliphatic carbocycles. The van der Waals surface area contributed by atoms with E-state index in [0.717, 1.165) is 13.1 Å². The van der Waals surface area contributed by atoms with Gasteiger partial charge in [0, 0.05) is 23.7 Å². The average molecular weight is 336 g/mol. The number of thiazole rings is 1. The molecule has 3 rings (SSSR count). The normalized spacial score (nSPS) is 15.4. The zero-order valence-electron chi connectivity index (χ0n) is 11.7. The van der Waals surface area contributed by atoms with Crippen molar-refractivity contribution < 1.29 is 9.53 Å². The van der Waals surface area contributed by atoms with Gasteiger partial charge in [0.1, 0.15) is 0 Å². The Bertz CT molecular complexity index is 678. The van der Waals surface area contributed by atoms with Crippen LogP contribution in [0.1, 0.15) is 15.2 Å². The molecule has 7 heteroatoms. The molecule has 0 unspecified atom stereocenters. The highest BCUT2D eigenvalue weighted by atomic mass is 35.5. The Morgan fingerprint density at radius 1 is 1.32 bits per heavy atom. The summed E-state index contributed by atoms with van der Waals surface area (Å²) in [4.78, 5) is 23.5. The van der Waals surface area contributed by atoms with Gasteiger partial charge < -0.3 is 9.64 Å². The molecule has 114 valence electrons. The van der Waals surface area contributed by atoms with E-state index in [2.05, 4.69) is 14.9 Å². The van der Waals surface area contributed by atoms with Gasteiger partial charge in [0.05, 0.1) is 30.6 Å². The zero-order chi connectivity index (χ0) is 15.4. The highest BCUT2D eigenvalue weighted by molar-refractivity contribution is 7.17. The minimum atomic E-state index is -0.0676. The van der Waals surface area contributed by atoms with Crippen LogP contribution in [0.4, 0.5) is 5.13 Å². The highest BCUT2D eigenvalue weighted by Gasteiger charge is 2.13. The van der Waals surface area contributed by atoms with Crippen LogP contribution in [0.3, 0.4) is 0 Å². The first-order valence-corrected chi connectivity index (χ1v) is 8.04. The van der Waals surface area contributed by atoms with Gasteiger partial charge in [-0.1, -0.05) is 22.9 Å². The van der Waals surface area contributed by atoms with Crippen LogP contribution in [-0.2, 0) is 4.74 Å². The van der Waals surface area contributed by atoms with Crippen LogP contribution in [0.5, 0.6) is 0 Å². The average Bonchev–Trinajstić information content (AvgIpc) is 3.03. The molecule has 0 spiro atoms. The van der Waals surface area contributed by atoms with Gasteiger partial charge in [-0.05, 0) is 24.3 Å². The Morgan fingerprint density at radius 3 is 2.77 bits per heavy atom. The third-order valence-corrected chi connectivity index (χ3v) is 4.36. The molecule has 5 nitrogen and oxygen atoms in total. The van der Waals surface area contributed by atoms with Crippen LogP contribution >= 0.6 is 22.9 Å². The Labute approximate surface area is 137 Å². The van der Waals surface area contributed by atoms with Crippen molar-refractivity contribution in [3.63, 3.8) is 0 Å². The first kappa shape index (κ1) is 15.1. The molecule has 1 aliphatic rings. The number of ether oxygens (including phenoxy) is 1. The third kappa shape index (κ3) is 3.71. The summed E-state index contributed by atoms with van der Waals surface area (Å²) in [5.41, 5.74) is 0.594. The van der Waals surface area contributed by atoms with E-state index < -0.39 is 0 Å². The molecule has 0 amide bonds. The minimum Gasteiger partial charge on any atom is -0.378 e. The number of aliphatic imine (C=N–C) groups is 1. The second kappa shape index (κ2) is 7.00. The molecule has 2 aromatic rings. The van der Waals surface area contributed by atoms with Crippen molar-refractivity contribution in [2.24, 2.45) is 4.99 Å². The number of hydrogen-bond acceptors (Lipinski definition) is 5. The van der Waals surface area contributed by atoms with Crippen LogP contribution in [-0.4, -0.2) is 48.3 Å². The maximum atomic E-state index is 12.3. The van der Waals surface area contributed by atoms with Crippen molar-refractivity contribution in [1.82, 2.24) is 9.88 Å². The van der Waals surface area contributed by atoms with E-state index in [1.807, 2.05) is 0 Å². The van der Waals surface area contributed by atoms with E-state index in [9.17, 15) is 4.79 Å². The standard InChI is InChI=1S/C15H14ClN3O2S/c16-12-3-1-11(2-4-12)14(20)13-9-17-15(22-13)18-10-19-5-7-21-8-6-19/h1-4,9-10H,5-8H2/b18-10+. The van der Waals surface area contributed by atoms with Crippen LogP contribution in [0.2, 0.25) is 5.02 Å². The van der Waals surface area contributed by atoms with E-state index in [1.165, 1.54) is 11.3 Å². The summed E-state index contributed by atoms with van der Waals surface area (Å²) in [7, 11) is 0. The molecule has 0 N–H and O–H groups in total. The van der Waals surface area contributed by atoms with Gasteiger partial charge in [0.2, 0.25) is 10.9 Å². The predicted molar refractivity (Wildman–Crippen MR) is 87.5 cm³/mol. The highest BCUT2D eigenvalue weighted by Crippen LogP contribution is 2.24. The molecule has 1 aromatic heterocycles. The van der Waals surface area contributed by atoms with Gasteiger partial charge in [-0.15, -0.1) is 0 Å². The molecule has 22 heavy (non-hydrogen) atoms. The fourth-order valence-corrected chi connectivity index (χ4v) is 2.84. The van der Waals surface area contributed by atoms with Gasteiger partial charge in [-0.3, -0.25) is 4.79 Å². The molecular formula is C15H14ClN3O2S. The number of nitrogens with zero attached hydrogens (tertiary/aromatic N) is 3. The van der Waals surface area contributed by atoms with Crippen molar-refractivity contribution >= 4 is 40.2 Å². The van der Waals surface area contributed by atoms with Gasteiger partial charge >= 0.3 is 0 Å². The van der Waals surface area contributed by atoms with Crippen molar-refractivity contribution in [1.29, 1.82) is 0 Å². The SMILES string of the molecule is O=C(c1ccc(Cl)cc1)c1cnc(/N=C/N2CCOCC2)s1. The first-order chi connectivity index (χ1) is 10.7. The van der Waals surface area contributed by atoms with Gasteiger partial charge in [0.25, 0.3) is 0 Å². The lowest BCUT2D eigenvalue weighted by Crippen LogP contribution is -2.34. The second-order valence-electron chi connectivity index (χ2n) is 4.74. The van der Waals surface area contributed by atoms with Crippen molar-refractivity contribution in [3.05, 3.63) is 45.9 Å². The Morgan fingerprint density at radius 2 is 2.05 bits per heavy atom. The number of benzene rings is 1. The fraction of sp³-hybridized carbons (Fsp3) is 0.267. The third-order valence-electron chi connectivity index (χ3n) is 3.20. The molecule has 1 aromatic carbocycles. The molecule has 0 saturated carbocycles. The molecular weight excluding hydrogens is 322 g/mol. The predicted octanol–water partition coefficient (Wildman–Crippen LogP) is 3.02. The summed E-state index contributed by atoms with van der Waals surface area (Å²) in [6, 6.07) is 6.82. The number of hydrogen-bond donors (Lipinski definition) is 0. The molecule has 1 saturated heterocycles. The topological polar surface area (TPSA) is 54.8 Å². The van der Waals surface area contributed by atoms with E-state index in [1.54, 1.807) is 36.8 Å². The molecule has 2 heterocycles. The largest absolute Gasteiger partial charge is 0.378 e. The van der Waals surface area contributed by atoms with Gasteiger partial charge in [-0.25, -0.2) is 9.98 Å². The van der Waals surface area contributed by atoms with Crippen LogP contribution in [0, 0.1) is 0 Å². The second-order valence-corrected chi connectivity index (χ2v) is 6.18. The molecule has 0 atom stereocenters. The van der Waals surface area contributed by atoms with Gasteiger partial charge in [0.15, 0.2) is 0 Å². The van der Waals surface area contributed by atoms with Crippen LogP contribution < -0.4 is 0 Å². The van der Waals surface area contributed by atoms with E-state index >= 15 is 0 Å². The maximum absolute atomic E-state index is 12.3. The lowest BCUT2D eigenvalue weighted by Gasteiger charge is -2.23. The summed E-state index contributed by atoms with van der Waals surface area (Å²) in [5, 5.41) is 1.18. The van der Waals surface area contributed by atoms with E-state index in [4.69, 9.17) is 16.3 Å². The lowest BCUT2D eigenvalue weighted by atomic mass is 10.1. The summed E-state index contributed by atoms with van der Waals surface area (Å²) >= 11 is 7.11. The number of rotatable bonds is 4. The Kier molecular flexibility index (Phi) is 4.82. The monoisotopic (exact) mass is 335 g/mol. The summed E-state index contributed by atoms with van der Waals surface area (Å²) in [5.74, 6) is -0.0676.